The molecule has 0 aliphatic carbocycles. The zero-order valence-electron chi connectivity index (χ0n) is 24.8. The molecular formula is C32H32ClF4N5O3. The number of aromatic amines is 1. The maximum atomic E-state index is 14.8. The third kappa shape index (κ3) is 6.63. The van der Waals surface area contributed by atoms with E-state index in [0.29, 0.717) is 48.3 Å². The summed E-state index contributed by atoms with van der Waals surface area (Å²) in [5, 5.41) is 6.01. The van der Waals surface area contributed by atoms with E-state index in [1.807, 2.05) is 30.2 Å². The van der Waals surface area contributed by atoms with Gasteiger partial charge in [-0.2, -0.15) is 18.3 Å². The van der Waals surface area contributed by atoms with Gasteiger partial charge in [-0.1, -0.05) is 23.7 Å². The second-order valence-corrected chi connectivity index (χ2v) is 11.7. The second kappa shape index (κ2) is 12.6. The van der Waals surface area contributed by atoms with Crippen LogP contribution in [0.4, 0.5) is 17.6 Å². The highest BCUT2D eigenvalue weighted by atomic mass is 35.5. The van der Waals surface area contributed by atoms with Crippen LogP contribution in [0.2, 0.25) is 5.02 Å². The van der Waals surface area contributed by atoms with Gasteiger partial charge >= 0.3 is 6.18 Å². The zero-order valence-corrected chi connectivity index (χ0v) is 25.5. The molecule has 4 heterocycles. The Labute approximate surface area is 262 Å². The lowest BCUT2D eigenvalue weighted by molar-refractivity contribution is -0.144. The number of aromatic nitrogens is 4. The van der Waals surface area contributed by atoms with Crippen molar-refractivity contribution in [3.63, 3.8) is 0 Å². The first-order valence-electron chi connectivity index (χ1n) is 14.8. The number of para-hydroxylation sites is 1. The predicted octanol–water partition coefficient (Wildman–Crippen LogP) is 7.28. The van der Waals surface area contributed by atoms with Gasteiger partial charge in [0, 0.05) is 42.4 Å². The van der Waals surface area contributed by atoms with Crippen LogP contribution in [-0.4, -0.2) is 51.4 Å². The van der Waals surface area contributed by atoms with Gasteiger partial charge < -0.3 is 14.2 Å². The SMILES string of the molecule is CCOCCc1cc(-c2n[nH]c(C(F)(F)F)n2)cnc1CN1CCC(c2cccc3c2O[C@@](C)(c2ccc(Cl)cc2F)O3)CC1. The molecule has 2 aromatic heterocycles. The minimum atomic E-state index is -4.62. The molecule has 0 bridgehead atoms. The van der Waals surface area contributed by atoms with E-state index in [9.17, 15) is 17.6 Å². The Morgan fingerprint density at radius 3 is 2.64 bits per heavy atom. The average Bonchev–Trinajstić information content (AvgIpc) is 3.64. The van der Waals surface area contributed by atoms with Crippen molar-refractivity contribution in [2.75, 3.05) is 26.3 Å². The van der Waals surface area contributed by atoms with E-state index in [2.05, 4.69) is 20.0 Å². The number of pyridine rings is 1. The molecule has 0 saturated carbocycles. The summed E-state index contributed by atoms with van der Waals surface area (Å²) in [6, 6.07) is 12.0. The lowest BCUT2D eigenvalue weighted by Crippen LogP contribution is -2.34. The monoisotopic (exact) mass is 645 g/mol. The Kier molecular flexibility index (Phi) is 8.73. The molecule has 4 aromatic rings. The minimum Gasteiger partial charge on any atom is -0.444 e. The molecule has 8 nitrogen and oxygen atoms in total. The molecule has 0 amide bonds. The van der Waals surface area contributed by atoms with Crippen molar-refractivity contribution in [3.8, 4) is 22.9 Å². The van der Waals surface area contributed by atoms with E-state index in [-0.39, 0.29) is 17.3 Å². The van der Waals surface area contributed by atoms with E-state index in [1.165, 1.54) is 12.3 Å². The number of hydrogen-bond acceptors (Lipinski definition) is 7. The van der Waals surface area contributed by atoms with Crippen LogP contribution in [0.5, 0.6) is 11.5 Å². The van der Waals surface area contributed by atoms with Crippen molar-refractivity contribution >= 4 is 11.6 Å². The number of nitrogens with one attached hydrogen (secondary N) is 1. The van der Waals surface area contributed by atoms with E-state index < -0.39 is 23.6 Å². The van der Waals surface area contributed by atoms with Gasteiger partial charge in [0.15, 0.2) is 17.3 Å². The summed E-state index contributed by atoms with van der Waals surface area (Å²) in [6.07, 6.45) is -0.834. The third-order valence-corrected chi connectivity index (χ3v) is 8.46. The Morgan fingerprint density at radius 1 is 1.13 bits per heavy atom. The molecule has 2 aliphatic rings. The summed E-state index contributed by atoms with van der Waals surface area (Å²) in [4.78, 5) is 10.6. The number of halogens is 5. The lowest BCUT2D eigenvalue weighted by atomic mass is 9.88. The van der Waals surface area contributed by atoms with Crippen LogP contribution < -0.4 is 9.47 Å². The molecule has 238 valence electrons. The van der Waals surface area contributed by atoms with Crippen molar-refractivity contribution in [2.45, 2.75) is 57.5 Å². The Morgan fingerprint density at radius 2 is 1.93 bits per heavy atom. The topological polar surface area (TPSA) is 85.4 Å². The molecule has 6 rings (SSSR count). The number of likely N-dealkylation sites (tertiary alicyclic amines) is 1. The number of nitrogens with zero attached hydrogens (tertiary/aromatic N) is 4. The highest BCUT2D eigenvalue weighted by Gasteiger charge is 2.43. The van der Waals surface area contributed by atoms with Crippen molar-refractivity contribution in [3.05, 3.63) is 87.7 Å². The fourth-order valence-corrected chi connectivity index (χ4v) is 6.07. The van der Waals surface area contributed by atoms with Crippen molar-refractivity contribution < 1.29 is 31.8 Å². The molecule has 1 fully saturated rings. The molecule has 2 aromatic carbocycles. The zero-order chi connectivity index (χ0) is 31.8. The normalized spacial score (nSPS) is 18.9. The Balaban J connectivity index is 1.15. The maximum absolute atomic E-state index is 14.8. The average molecular weight is 646 g/mol. The summed E-state index contributed by atoms with van der Waals surface area (Å²) in [7, 11) is 0. The molecule has 0 unspecified atom stereocenters. The van der Waals surface area contributed by atoms with Crippen LogP contribution >= 0.6 is 11.6 Å². The summed E-state index contributed by atoms with van der Waals surface area (Å²) in [6.45, 7) is 6.78. The third-order valence-electron chi connectivity index (χ3n) is 8.22. The van der Waals surface area contributed by atoms with Gasteiger partial charge in [-0.3, -0.25) is 15.0 Å². The first kappa shape index (κ1) is 31.3. The molecule has 1 atom stereocenters. The van der Waals surface area contributed by atoms with Gasteiger partial charge in [0.05, 0.1) is 17.9 Å². The smallest absolute Gasteiger partial charge is 0.444 e. The summed E-state index contributed by atoms with van der Waals surface area (Å²) in [5.41, 5.74) is 3.41. The Hall–Kier alpha value is -3.74. The first-order chi connectivity index (χ1) is 21.5. The predicted molar refractivity (Wildman–Crippen MR) is 159 cm³/mol. The first-order valence-corrected chi connectivity index (χ1v) is 15.2. The van der Waals surface area contributed by atoms with Crippen LogP contribution in [0.25, 0.3) is 11.4 Å². The fraction of sp³-hybridized carbons (Fsp3) is 0.406. The summed E-state index contributed by atoms with van der Waals surface area (Å²) in [5.74, 6) is -1.61. The largest absolute Gasteiger partial charge is 0.451 e. The van der Waals surface area contributed by atoms with Gasteiger partial charge in [-0.15, -0.1) is 0 Å². The molecule has 13 heteroatoms. The van der Waals surface area contributed by atoms with Gasteiger partial charge in [0.2, 0.25) is 5.82 Å². The number of piperidine rings is 1. The van der Waals surface area contributed by atoms with E-state index >= 15 is 0 Å². The van der Waals surface area contributed by atoms with Crippen molar-refractivity contribution in [2.24, 2.45) is 0 Å². The quantitative estimate of drug-likeness (QED) is 0.151. The van der Waals surface area contributed by atoms with Crippen LogP contribution in [0.3, 0.4) is 0 Å². The second-order valence-electron chi connectivity index (χ2n) is 11.3. The minimum absolute atomic E-state index is 0.0589. The Bertz CT molecular complexity index is 1670. The number of rotatable bonds is 9. The van der Waals surface area contributed by atoms with Gasteiger partial charge in [0.25, 0.3) is 5.79 Å². The van der Waals surface area contributed by atoms with Crippen LogP contribution in [0, 0.1) is 5.82 Å². The van der Waals surface area contributed by atoms with Gasteiger partial charge in [-0.25, -0.2) is 9.37 Å². The molecule has 0 spiro atoms. The molecule has 1 N–H and O–H groups in total. The van der Waals surface area contributed by atoms with Crippen LogP contribution in [0.15, 0.2) is 48.7 Å². The molecular weight excluding hydrogens is 614 g/mol. The van der Waals surface area contributed by atoms with Gasteiger partial charge in [-0.05, 0) is 81.1 Å². The van der Waals surface area contributed by atoms with E-state index in [1.54, 1.807) is 25.1 Å². The van der Waals surface area contributed by atoms with Crippen molar-refractivity contribution in [1.82, 2.24) is 25.1 Å². The maximum Gasteiger partial charge on any atom is 0.451 e. The molecule has 0 radical (unpaired) electrons. The highest BCUT2D eigenvalue weighted by molar-refractivity contribution is 6.30. The number of H-pyrrole nitrogens is 1. The molecule has 1 saturated heterocycles. The standard InChI is InChI=1S/C32H32ClF4N5O3/c1-3-43-14-11-20-15-21(29-39-30(41-40-29)32(35,36)37)17-38-26(20)18-42-12-9-19(10-13-42)23-5-4-6-27-28(23)45-31(2,44-27)24-8-7-22(33)16-25(24)34/h4-8,15-17,19H,3,9-14,18H2,1-2H3,(H,39,40,41)/t31-/m0/s1. The van der Waals surface area contributed by atoms with Crippen LogP contribution in [0.1, 0.15) is 60.8 Å². The van der Waals surface area contributed by atoms with Crippen molar-refractivity contribution in [1.29, 1.82) is 0 Å². The number of alkyl halides is 3. The highest BCUT2D eigenvalue weighted by Crippen LogP contribution is 2.50. The number of fused-ring (bicyclic) bond motifs is 1. The summed E-state index contributed by atoms with van der Waals surface area (Å²) >= 11 is 5.96. The fourth-order valence-electron chi connectivity index (χ4n) is 5.91. The number of benzene rings is 2. The molecule has 45 heavy (non-hydrogen) atoms. The van der Waals surface area contributed by atoms with Gasteiger partial charge in [0.1, 0.15) is 5.82 Å². The van der Waals surface area contributed by atoms with E-state index in [0.717, 1.165) is 42.8 Å². The molecule has 2 aliphatic heterocycles. The lowest BCUT2D eigenvalue weighted by Gasteiger charge is -2.33. The van der Waals surface area contributed by atoms with Crippen LogP contribution in [-0.2, 0) is 29.7 Å². The van der Waals surface area contributed by atoms with E-state index in [4.69, 9.17) is 25.8 Å². The number of hydrogen-bond donors (Lipinski definition) is 1. The number of ether oxygens (including phenoxy) is 3. The summed E-state index contributed by atoms with van der Waals surface area (Å²) < 4.78 is 72.0.